The van der Waals surface area contributed by atoms with Gasteiger partial charge in [-0.2, -0.15) is 0 Å². The van der Waals surface area contributed by atoms with E-state index < -0.39 is 5.91 Å². The van der Waals surface area contributed by atoms with Gasteiger partial charge >= 0.3 is 0 Å². The molecule has 1 aromatic carbocycles. The van der Waals surface area contributed by atoms with E-state index in [2.05, 4.69) is 5.32 Å². The molecular weight excluding hydrogens is 426 g/mol. The Morgan fingerprint density at radius 3 is 2.72 bits per heavy atom. The number of unbranched alkanes of at least 4 members (excludes halogenated alkanes) is 1. The van der Waals surface area contributed by atoms with Crippen LogP contribution in [0, 0.1) is 12.3 Å². The van der Waals surface area contributed by atoms with E-state index in [1.54, 1.807) is 22.9 Å². The Kier molecular flexibility index (Phi) is 6.10. The summed E-state index contributed by atoms with van der Waals surface area (Å²) in [4.78, 5) is 31.0. The van der Waals surface area contributed by atoms with Crippen molar-refractivity contribution in [3.8, 4) is 0 Å². The first-order chi connectivity index (χ1) is 15.4. The third-order valence-corrected chi connectivity index (χ3v) is 5.88. The molecule has 0 saturated carbocycles. The lowest BCUT2D eigenvalue weighted by Gasteiger charge is -2.15. The average molecular weight is 450 g/mol. The summed E-state index contributed by atoms with van der Waals surface area (Å²) in [7, 11) is 0. The first-order valence-corrected chi connectivity index (χ1v) is 10.9. The van der Waals surface area contributed by atoms with E-state index in [0.29, 0.717) is 28.2 Å². The minimum absolute atomic E-state index is 0.0347. The Labute approximate surface area is 189 Å². The summed E-state index contributed by atoms with van der Waals surface area (Å²) in [5.41, 5.74) is 2.51. The van der Waals surface area contributed by atoms with Gasteiger partial charge in [-0.1, -0.05) is 49.2 Å². The number of benzene rings is 1. The Morgan fingerprint density at radius 1 is 1.19 bits per heavy atom. The van der Waals surface area contributed by atoms with Crippen molar-refractivity contribution in [2.24, 2.45) is 0 Å². The number of aromatic nitrogens is 3. The topological polar surface area (TPSA) is 92.2 Å². The molecule has 32 heavy (non-hydrogen) atoms. The summed E-state index contributed by atoms with van der Waals surface area (Å²) in [5, 5.41) is 12.4. The van der Waals surface area contributed by atoms with Crippen molar-refractivity contribution in [2.45, 2.75) is 39.8 Å². The van der Waals surface area contributed by atoms with Crippen molar-refractivity contribution < 1.29 is 4.79 Å². The van der Waals surface area contributed by atoms with Gasteiger partial charge < -0.3 is 9.88 Å². The number of carbonyl (C=O) groups is 1. The van der Waals surface area contributed by atoms with Crippen LogP contribution in [0.1, 0.15) is 41.3 Å². The van der Waals surface area contributed by atoms with Crippen LogP contribution in [0.5, 0.6) is 0 Å². The zero-order valence-corrected chi connectivity index (χ0v) is 18.7. The van der Waals surface area contributed by atoms with Gasteiger partial charge in [0.05, 0.1) is 10.9 Å². The first-order valence-electron chi connectivity index (χ1n) is 10.5. The molecule has 164 valence electrons. The van der Waals surface area contributed by atoms with Crippen LogP contribution >= 0.6 is 11.6 Å². The minimum Gasteiger partial charge on any atom is -0.348 e. The quantitative estimate of drug-likeness (QED) is 0.438. The summed E-state index contributed by atoms with van der Waals surface area (Å²) in [6, 6.07) is 12.4. The first kappa shape index (κ1) is 21.8. The van der Waals surface area contributed by atoms with E-state index in [0.717, 1.165) is 24.0 Å². The van der Waals surface area contributed by atoms with Crippen molar-refractivity contribution in [3.63, 3.8) is 0 Å². The van der Waals surface area contributed by atoms with Crippen LogP contribution < -0.4 is 16.4 Å². The van der Waals surface area contributed by atoms with E-state index in [9.17, 15) is 9.59 Å². The summed E-state index contributed by atoms with van der Waals surface area (Å²) in [6.45, 7) is 4.65. The highest BCUT2D eigenvalue weighted by molar-refractivity contribution is 6.31. The van der Waals surface area contributed by atoms with Crippen LogP contribution in [0.4, 0.5) is 0 Å². The average Bonchev–Trinajstić information content (AvgIpc) is 2.78. The predicted molar refractivity (Wildman–Crippen MR) is 125 cm³/mol. The Balaban J connectivity index is 1.86. The maximum Gasteiger partial charge on any atom is 0.267 e. The van der Waals surface area contributed by atoms with Crippen LogP contribution in [0.3, 0.4) is 0 Å². The van der Waals surface area contributed by atoms with Gasteiger partial charge in [-0.3, -0.25) is 19.4 Å². The third kappa shape index (κ3) is 3.91. The van der Waals surface area contributed by atoms with Crippen LogP contribution in [0.15, 0.2) is 53.5 Å². The molecule has 0 aliphatic carbocycles. The van der Waals surface area contributed by atoms with Gasteiger partial charge in [-0.15, -0.1) is 0 Å². The number of aryl methyl sites for hydroxylation is 2. The van der Waals surface area contributed by atoms with Gasteiger partial charge in [0, 0.05) is 24.3 Å². The largest absolute Gasteiger partial charge is 0.348 e. The van der Waals surface area contributed by atoms with Crippen LogP contribution in [-0.2, 0) is 13.1 Å². The normalized spacial score (nSPS) is 11.2. The zero-order chi connectivity index (χ0) is 22.8. The third-order valence-electron chi connectivity index (χ3n) is 5.51. The number of hydrogen-bond acceptors (Lipinski definition) is 4. The molecule has 2 N–H and O–H groups in total. The number of nitrogens with one attached hydrogen (secondary N) is 2. The smallest absolute Gasteiger partial charge is 0.267 e. The SMILES string of the molecule is CCCCn1c(=N)c(C(=O)NCc2ccccc2Cl)cc2c(=O)n3cccc(C)c3nc21. The lowest BCUT2D eigenvalue weighted by Crippen LogP contribution is -2.35. The minimum atomic E-state index is -0.434. The molecule has 3 heterocycles. The fourth-order valence-corrected chi connectivity index (χ4v) is 3.92. The van der Waals surface area contributed by atoms with Crippen LogP contribution in [0.25, 0.3) is 16.7 Å². The van der Waals surface area contributed by atoms with E-state index >= 15 is 0 Å². The Bertz CT molecular complexity index is 1460. The highest BCUT2D eigenvalue weighted by Gasteiger charge is 2.18. The second-order valence-electron chi connectivity index (χ2n) is 7.72. The molecule has 1 amide bonds. The zero-order valence-electron chi connectivity index (χ0n) is 18.0. The maximum absolute atomic E-state index is 13.3. The molecule has 0 aliphatic heterocycles. The van der Waals surface area contributed by atoms with E-state index in [-0.39, 0.29) is 23.2 Å². The molecule has 4 rings (SSSR count). The van der Waals surface area contributed by atoms with Gasteiger partial charge in [0.1, 0.15) is 16.8 Å². The Morgan fingerprint density at radius 2 is 1.97 bits per heavy atom. The molecule has 0 aliphatic rings. The summed E-state index contributed by atoms with van der Waals surface area (Å²) in [6.07, 6.45) is 3.37. The Hall–Kier alpha value is -3.45. The van der Waals surface area contributed by atoms with Gasteiger partial charge in [0.15, 0.2) is 0 Å². The molecule has 0 spiro atoms. The molecule has 0 unspecified atom stereocenters. The van der Waals surface area contributed by atoms with Crippen molar-refractivity contribution in [2.75, 3.05) is 0 Å². The molecule has 0 saturated heterocycles. The number of hydrogen-bond donors (Lipinski definition) is 2. The van der Waals surface area contributed by atoms with Crippen LogP contribution in [-0.4, -0.2) is 19.9 Å². The fourth-order valence-electron chi connectivity index (χ4n) is 3.72. The van der Waals surface area contributed by atoms with E-state index in [4.69, 9.17) is 22.0 Å². The molecule has 4 aromatic rings. The standard InChI is InChI=1S/C24H24ClN5O2/c1-3-4-11-29-20(26)17(23(31)27-14-16-9-5-6-10-19(16)25)13-18-22(29)28-21-15(2)8-7-12-30(21)24(18)32/h5-10,12-13,26H,3-4,11,14H2,1-2H3,(H,27,31). The molecular formula is C24H24ClN5O2. The number of nitrogens with zero attached hydrogens (tertiary/aromatic N) is 3. The molecule has 3 aromatic heterocycles. The number of halogens is 1. The van der Waals surface area contributed by atoms with Crippen molar-refractivity contribution >= 4 is 34.2 Å². The maximum atomic E-state index is 13.3. The van der Waals surface area contributed by atoms with Gasteiger partial charge in [-0.05, 0) is 42.7 Å². The highest BCUT2D eigenvalue weighted by Crippen LogP contribution is 2.16. The van der Waals surface area contributed by atoms with Gasteiger partial charge in [-0.25, -0.2) is 4.98 Å². The molecule has 0 radical (unpaired) electrons. The molecule has 7 nitrogen and oxygen atoms in total. The van der Waals surface area contributed by atoms with Gasteiger partial charge in [0.25, 0.3) is 11.5 Å². The number of pyridine rings is 2. The molecule has 0 atom stereocenters. The predicted octanol–water partition coefficient (Wildman–Crippen LogP) is 3.82. The lowest BCUT2D eigenvalue weighted by atomic mass is 10.1. The number of fused-ring (bicyclic) bond motifs is 2. The monoisotopic (exact) mass is 449 g/mol. The van der Waals surface area contributed by atoms with Crippen molar-refractivity contribution in [1.29, 1.82) is 5.41 Å². The summed E-state index contributed by atoms with van der Waals surface area (Å²) >= 11 is 6.19. The number of rotatable bonds is 6. The second kappa shape index (κ2) is 8.96. The second-order valence-corrected chi connectivity index (χ2v) is 8.13. The van der Waals surface area contributed by atoms with Gasteiger partial charge in [0.2, 0.25) is 0 Å². The molecule has 8 heteroatoms. The van der Waals surface area contributed by atoms with Crippen molar-refractivity contribution in [3.05, 3.63) is 86.2 Å². The highest BCUT2D eigenvalue weighted by atomic mass is 35.5. The number of amides is 1. The summed E-state index contributed by atoms with van der Waals surface area (Å²) < 4.78 is 3.15. The fraction of sp³-hybridized carbons (Fsp3) is 0.250. The lowest BCUT2D eigenvalue weighted by molar-refractivity contribution is 0.0948. The summed E-state index contributed by atoms with van der Waals surface area (Å²) in [5.74, 6) is -0.434. The van der Waals surface area contributed by atoms with Crippen LogP contribution in [0.2, 0.25) is 5.02 Å². The van der Waals surface area contributed by atoms with E-state index in [1.807, 2.05) is 38.1 Å². The van der Waals surface area contributed by atoms with E-state index in [1.165, 1.54) is 10.5 Å². The van der Waals surface area contributed by atoms with Crippen molar-refractivity contribution in [1.82, 2.24) is 19.3 Å². The number of carbonyl (C=O) groups excluding carboxylic acids is 1. The molecule has 0 fully saturated rings. The molecule has 0 bridgehead atoms.